The Bertz CT molecular complexity index is 715. The van der Waals surface area contributed by atoms with Crippen molar-refractivity contribution in [3.63, 3.8) is 0 Å². The number of nitrogens with one attached hydrogen (secondary N) is 2. The van der Waals surface area contributed by atoms with Gasteiger partial charge in [-0.25, -0.2) is 0 Å². The van der Waals surface area contributed by atoms with Gasteiger partial charge >= 0.3 is 0 Å². The minimum Gasteiger partial charge on any atom is -0.493 e. The first-order chi connectivity index (χ1) is 12.7. The van der Waals surface area contributed by atoms with Crippen LogP contribution in [-0.4, -0.2) is 42.9 Å². The molecule has 8 nitrogen and oxygen atoms in total. The van der Waals surface area contributed by atoms with Crippen molar-refractivity contribution in [2.75, 3.05) is 32.1 Å². The van der Waals surface area contributed by atoms with E-state index in [1.165, 1.54) is 0 Å². The number of ether oxygens (including phenoxy) is 2. The molecular weight excluding hydrogens is 334 g/mol. The van der Waals surface area contributed by atoms with Crippen molar-refractivity contribution in [2.45, 2.75) is 33.6 Å². The van der Waals surface area contributed by atoms with Crippen molar-refractivity contribution >= 4 is 11.6 Å². The van der Waals surface area contributed by atoms with E-state index in [0.29, 0.717) is 43.0 Å². The Balaban J connectivity index is 1.95. The number of anilines is 1. The molecule has 142 valence electrons. The van der Waals surface area contributed by atoms with E-state index in [0.717, 1.165) is 24.4 Å². The zero-order valence-corrected chi connectivity index (χ0v) is 15.8. The fourth-order valence-electron chi connectivity index (χ4n) is 2.33. The molecule has 0 atom stereocenters. The van der Waals surface area contributed by atoms with Gasteiger partial charge in [0.05, 0.1) is 13.7 Å². The molecule has 1 aromatic heterocycles. The number of aliphatic imine (C=N–C) groups is 1. The predicted octanol–water partition coefficient (Wildman–Crippen LogP) is 2.80. The number of methoxy groups -OCH3 is 1. The van der Waals surface area contributed by atoms with Crippen LogP contribution in [0.25, 0.3) is 0 Å². The number of benzene rings is 1. The lowest BCUT2D eigenvalue weighted by Crippen LogP contribution is -2.30. The Morgan fingerprint density at radius 3 is 2.77 bits per heavy atom. The first-order valence-electron chi connectivity index (χ1n) is 8.81. The zero-order chi connectivity index (χ0) is 18.8. The van der Waals surface area contributed by atoms with Gasteiger partial charge in [0.15, 0.2) is 23.3 Å². The van der Waals surface area contributed by atoms with E-state index in [4.69, 9.17) is 14.0 Å². The number of rotatable bonds is 9. The van der Waals surface area contributed by atoms with E-state index >= 15 is 0 Å². The summed E-state index contributed by atoms with van der Waals surface area (Å²) in [6.07, 6.45) is 1.53. The maximum atomic E-state index is 5.54. The maximum Gasteiger partial charge on any atom is 0.226 e. The molecule has 0 spiro atoms. The number of aromatic nitrogens is 2. The van der Waals surface area contributed by atoms with Crippen LogP contribution in [0.15, 0.2) is 27.7 Å². The lowest BCUT2D eigenvalue weighted by molar-refractivity contribution is 0.311. The molecule has 0 saturated carbocycles. The molecule has 0 amide bonds. The molecule has 1 aromatic carbocycles. The van der Waals surface area contributed by atoms with Gasteiger partial charge in [0.2, 0.25) is 5.89 Å². The van der Waals surface area contributed by atoms with E-state index < -0.39 is 0 Å². The molecule has 8 heteroatoms. The van der Waals surface area contributed by atoms with Gasteiger partial charge < -0.3 is 24.6 Å². The molecule has 0 fully saturated rings. The summed E-state index contributed by atoms with van der Waals surface area (Å²) >= 11 is 0. The van der Waals surface area contributed by atoms with E-state index in [-0.39, 0.29) is 0 Å². The molecule has 0 saturated heterocycles. The molecule has 0 aliphatic carbocycles. The summed E-state index contributed by atoms with van der Waals surface area (Å²) < 4.78 is 16.0. The summed E-state index contributed by atoms with van der Waals surface area (Å²) in [6.45, 7) is 7.78. The molecule has 2 rings (SSSR count). The minimum atomic E-state index is 0.590. The molecule has 26 heavy (non-hydrogen) atoms. The minimum absolute atomic E-state index is 0.590. The first-order valence-corrected chi connectivity index (χ1v) is 8.81. The summed E-state index contributed by atoms with van der Waals surface area (Å²) in [5.41, 5.74) is 0.873. The Labute approximate surface area is 154 Å². The quantitative estimate of drug-likeness (QED) is 0.403. The van der Waals surface area contributed by atoms with Crippen molar-refractivity contribution in [3.05, 3.63) is 29.9 Å². The highest BCUT2D eigenvalue weighted by Crippen LogP contribution is 2.30. The molecular formula is C18H27N5O3. The summed E-state index contributed by atoms with van der Waals surface area (Å²) in [5, 5.41) is 10.3. The van der Waals surface area contributed by atoms with E-state index in [1.54, 1.807) is 7.11 Å². The van der Waals surface area contributed by atoms with Gasteiger partial charge in [0.25, 0.3) is 0 Å². The third-order valence-electron chi connectivity index (χ3n) is 3.46. The first kappa shape index (κ1) is 19.6. The van der Waals surface area contributed by atoms with Crippen molar-refractivity contribution in [3.8, 4) is 11.5 Å². The third-order valence-corrected chi connectivity index (χ3v) is 3.46. The van der Waals surface area contributed by atoms with Gasteiger partial charge in [0, 0.05) is 31.3 Å². The second-order valence-corrected chi connectivity index (χ2v) is 5.52. The Morgan fingerprint density at radius 2 is 2.12 bits per heavy atom. The lowest BCUT2D eigenvalue weighted by Gasteiger charge is -2.14. The fourth-order valence-corrected chi connectivity index (χ4v) is 2.33. The SMILES string of the molecule is CCNC(=NCCCc1nc(C)no1)Nc1ccc(OCC)c(OC)c1. The average molecular weight is 361 g/mol. The van der Waals surface area contributed by atoms with Gasteiger partial charge in [-0.3, -0.25) is 4.99 Å². The molecule has 0 bridgehead atoms. The molecule has 1 heterocycles. The Hall–Kier alpha value is -2.77. The van der Waals surface area contributed by atoms with E-state index in [2.05, 4.69) is 25.8 Å². The van der Waals surface area contributed by atoms with Gasteiger partial charge in [-0.2, -0.15) is 4.98 Å². The average Bonchev–Trinajstić information content (AvgIpc) is 3.05. The van der Waals surface area contributed by atoms with Crippen LogP contribution >= 0.6 is 0 Å². The standard InChI is InChI=1S/C18H27N5O3/c1-5-19-18(20-11-7-8-17-21-13(3)23-26-17)22-14-9-10-15(25-6-2)16(12-14)24-4/h9-10,12H,5-8,11H2,1-4H3,(H2,19,20,22). The van der Waals surface area contributed by atoms with Crippen molar-refractivity contribution in [1.82, 2.24) is 15.5 Å². The lowest BCUT2D eigenvalue weighted by atomic mass is 10.2. The van der Waals surface area contributed by atoms with Crippen LogP contribution in [0.4, 0.5) is 5.69 Å². The number of hydrogen-bond acceptors (Lipinski definition) is 6. The zero-order valence-electron chi connectivity index (χ0n) is 15.8. The molecule has 0 radical (unpaired) electrons. The summed E-state index contributed by atoms with van der Waals surface area (Å²) in [6, 6.07) is 5.70. The van der Waals surface area contributed by atoms with Crippen molar-refractivity contribution in [2.24, 2.45) is 4.99 Å². The molecule has 0 aliphatic rings. The second kappa shape index (κ2) is 10.3. The topological polar surface area (TPSA) is 93.8 Å². The highest BCUT2D eigenvalue weighted by Gasteiger charge is 2.07. The summed E-state index contributed by atoms with van der Waals surface area (Å²) in [4.78, 5) is 8.77. The van der Waals surface area contributed by atoms with Gasteiger partial charge in [-0.05, 0) is 39.3 Å². The molecule has 0 unspecified atom stereocenters. The highest BCUT2D eigenvalue weighted by atomic mass is 16.5. The molecule has 2 aromatic rings. The van der Waals surface area contributed by atoms with Crippen molar-refractivity contribution < 1.29 is 14.0 Å². The number of hydrogen-bond donors (Lipinski definition) is 2. The van der Waals surface area contributed by atoms with Crippen molar-refractivity contribution in [1.29, 1.82) is 0 Å². The van der Waals surface area contributed by atoms with Crippen LogP contribution in [0, 0.1) is 6.92 Å². The largest absolute Gasteiger partial charge is 0.493 e. The second-order valence-electron chi connectivity index (χ2n) is 5.52. The fraction of sp³-hybridized carbons (Fsp3) is 0.500. The third kappa shape index (κ3) is 5.94. The van der Waals surface area contributed by atoms with Gasteiger partial charge in [-0.1, -0.05) is 5.16 Å². The van der Waals surface area contributed by atoms with Crippen LogP contribution in [0.5, 0.6) is 11.5 Å². The Morgan fingerprint density at radius 1 is 1.27 bits per heavy atom. The number of aryl methyl sites for hydroxylation is 2. The van der Waals surface area contributed by atoms with Crippen LogP contribution in [0.1, 0.15) is 32.0 Å². The summed E-state index contributed by atoms with van der Waals surface area (Å²) in [7, 11) is 1.63. The van der Waals surface area contributed by atoms with Crippen LogP contribution in [-0.2, 0) is 6.42 Å². The predicted molar refractivity (Wildman–Crippen MR) is 101 cm³/mol. The Kier molecular flexibility index (Phi) is 7.73. The van der Waals surface area contributed by atoms with Crippen LogP contribution < -0.4 is 20.1 Å². The molecule has 0 aliphatic heterocycles. The van der Waals surface area contributed by atoms with Crippen LogP contribution in [0.2, 0.25) is 0 Å². The van der Waals surface area contributed by atoms with Gasteiger partial charge in [-0.15, -0.1) is 0 Å². The smallest absolute Gasteiger partial charge is 0.226 e. The summed E-state index contributed by atoms with van der Waals surface area (Å²) in [5.74, 6) is 3.41. The number of guanidine groups is 1. The van der Waals surface area contributed by atoms with E-state index in [1.807, 2.05) is 39.0 Å². The monoisotopic (exact) mass is 361 g/mol. The number of nitrogens with zero attached hydrogens (tertiary/aromatic N) is 3. The van der Waals surface area contributed by atoms with E-state index in [9.17, 15) is 0 Å². The van der Waals surface area contributed by atoms with Crippen LogP contribution in [0.3, 0.4) is 0 Å². The maximum absolute atomic E-state index is 5.54. The normalized spacial score (nSPS) is 11.3. The molecule has 2 N–H and O–H groups in total. The van der Waals surface area contributed by atoms with Gasteiger partial charge in [0.1, 0.15) is 0 Å². The highest BCUT2D eigenvalue weighted by molar-refractivity contribution is 5.93.